The first-order chi connectivity index (χ1) is 11.7. The molecule has 0 aliphatic heterocycles. The molecule has 1 N–H and O–H groups in total. The van der Waals surface area contributed by atoms with Crippen LogP contribution in [-0.2, 0) is 19.6 Å². The number of halogens is 15. The van der Waals surface area contributed by atoms with E-state index in [1.54, 1.807) is 0 Å². The van der Waals surface area contributed by atoms with Gasteiger partial charge in [0.25, 0.3) is 0 Å². The Morgan fingerprint density at radius 1 is 0.536 bits per heavy atom. The van der Waals surface area contributed by atoms with Crippen molar-refractivity contribution in [3.63, 3.8) is 0 Å². The van der Waals surface area contributed by atoms with Gasteiger partial charge in [0.1, 0.15) is 0 Å². The van der Waals surface area contributed by atoms with Crippen molar-refractivity contribution in [3.8, 4) is 0 Å². The van der Waals surface area contributed by atoms with Gasteiger partial charge in [-0.05, 0) is 0 Å². The van der Waals surface area contributed by atoms with Crippen LogP contribution < -0.4 is 0 Å². The lowest BCUT2D eigenvalue weighted by Crippen LogP contribution is -2.64. The summed E-state index contributed by atoms with van der Waals surface area (Å²) >= 11 is 0. The summed E-state index contributed by atoms with van der Waals surface area (Å²) in [6.07, 6.45) is -30.4. The van der Waals surface area contributed by atoms with Crippen LogP contribution in [0.5, 0.6) is 0 Å². The van der Waals surface area contributed by atoms with Gasteiger partial charge in [-0.2, -0.15) is 74.3 Å². The van der Waals surface area contributed by atoms with Crippen LogP contribution in [0.2, 0.25) is 0 Å². The third kappa shape index (κ3) is 4.50. The van der Waals surface area contributed by atoms with E-state index in [1.807, 2.05) is 0 Å². The van der Waals surface area contributed by atoms with Crippen molar-refractivity contribution in [1.29, 1.82) is 0 Å². The number of rotatable bonds is 8. The fraction of sp³-hybridized carbons (Fsp3) is 1.00. The van der Waals surface area contributed by atoms with Gasteiger partial charge >= 0.3 is 51.9 Å². The first-order valence-corrected chi connectivity index (χ1v) is 6.81. The number of alkyl halides is 15. The molecule has 0 aromatic heterocycles. The lowest BCUT2D eigenvalue weighted by Gasteiger charge is -2.36. The molecule has 0 bridgehead atoms. The monoisotopic (exact) mass is 482 g/mol. The Labute approximate surface area is 141 Å². The Bertz CT molecular complexity index is 679. The first kappa shape index (κ1) is 26.8. The fourth-order valence-corrected chi connectivity index (χ4v) is 1.12. The quantitative estimate of drug-likeness (QED) is 0.418. The molecule has 0 unspecified atom stereocenters. The molecular weight excluding hydrogens is 481 g/mol. The van der Waals surface area contributed by atoms with Crippen LogP contribution in [0.4, 0.5) is 65.9 Å². The molecule has 0 aromatic carbocycles. The molecule has 0 atom stereocenters. The van der Waals surface area contributed by atoms with Crippen LogP contribution in [0.3, 0.4) is 0 Å². The third-order valence-corrected chi connectivity index (χ3v) is 2.94. The predicted molar refractivity (Wildman–Crippen MR) is 49.5 cm³/mol. The summed E-state index contributed by atoms with van der Waals surface area (Å²) in [6, 6.07) is 0. The van der Waals surface area contributed by atoms with Crippen molar-refractivity contribution >= 4 is 10.1 Å². The predicted octanol–water partition coefficient (Wildman–Crippen LogP) is 4.07. The van der Waals surface area contributed by atoms with Crippen LogP contribution in [0.1, 0.15) is 0 Å². The van der Waals surface area contributed by atoms with E-state index in [4.69, 9.17) is 4.55 Å². The molecule has 0 amide bonds. The zero-order valence-corrected chi connectivity index (χ0v) is 12.5. The summed E-state index contributed by atoms with van der Waals surface area (Å²) in [7, 11) is -7.14. The maximum atomic E-state index is 12.8. The Morgan fingerprint density at radius 3 is 1.14 bits per heavy atom. The molecule has 0 aromatic rings. The van der Waals surface area contributed by atoms with Crippen LogP contribution in [0.15, 0.2) is 0 Å². The number of hydrogen-bond acceptors (Lipinski definition) is 4. The van der Waals surface area contributed by atoms with E-state index in [9.17, 15) is 74.3 Å². The maximum absolute atomic E-state index is 12.8. The highest BCUT2D eigenvalue weighted by molar-refractivity contribution is 7.86. The highest BCUT2D eigenvalue weighted by Gasteiger charge is 2.85. The van der Waals surface area contributed by atoms with Gasteiger partial charge in [0.15, 0.2) is 0 Å². The fourth-order valence-electron chi connectivity index (χ4n) is 0.907. The summed E-state index contributed by atoms with van der Waals surface area (Å²) in [5, 5.41) is 0. The highest BCUT2D eigenvalue weighted by atomic mass is 32.2. The van der Waals surface area contributed by atoms with E-state index >= 15 is 0 Å². The average Bonchev–Trinajstić information content (AvgIpc) is 2.32. The first-order valence-electron chi connectivity index (χ1n) is 5.37. The average molecular weight is 482 g/mol. The third-order valence-electron chi connectivity index (χ3n) is 2.26. The Balaban J connectivity index is 6.03. The van der Waals surface area contributed by atoms with Crippen molar-refractivity contribution < 1.29 is 88.3 Å². The van der Waals surface area contributed by atoms with E-state index in [2.05, 4.69) is 0 Å². The smallest absolute Gasteiger partial charge is 0.279 e. The van der Waals surface area contributed by atoms with E-state index < -0.39 is 51.9 Å². The van der Waals surface area contributed by atoms with Gasteiger partial charge in [-0.1, -0.05) is 0 Å². The lowest BCUT2D eigenvalue weighted by molar-refractivity contribution is -0.536. The van der Waals surface area contributed by atoms with Crippen LogP contribution in [0, 0.1) is 0 Å². The summed E-state index contributed by atoms with van der Waals surface area (Å²) in [4.78, 5) is 0. The normalized spacial score (nSPS) is 16.4. The van der Waals surface area contributed by atoms with Gasteiger partial charge in [-0.25, -0.2) is 9.47 Å². The lowest BCUT2D eigenvalue weighted by atomic mass is 10.1. The largest absolute Gasteiger partial charge is 0.492 e. The van der Waals surface area contributed by atoms with E-state index in [0.29, 0.717) is 0 Å². The second kappa shape index (κ2) is 6.65. The summed E-state index contributed by atoms with van der Waals surface area (Å²) < 4.78 is 217. The standard InChI is InChI=1S/C7HF15O5S/c8-1(9,3(12,13)14)2(10,11)4(15,16)26-5(17,18)6(19,20)27-7(21,22)28(23,24)25/h(H,23,24,25). The van der Waals surface area contributed by atoms with Crippen molar-refractivity contribution in [3.05, 3.63) is 0 Å². The van der Waals surface area contributed by atoms with Gasteiger partial charge in [0, 0.05) is 0 Å². The van der Waals surface area contributed by atoms with Crippen molar-refractivity contribution in [2.24, 2.45) is 0 Å². The van der Waals surface area contributed by atoms with E-state index in [1.165, 1.54) is 9.47 Å². The zero-order chi connectivity index (χ0) is 23.4. The molecule has 0 radical (unpaired) electrons. The van der Waals surface area contributed by atoms with Gasteiger partial charge < -0.3 is 0 Å². The molecule has 0 heterocycles. The van der Waals surface area contributed by atoms with Crippen LogP contribution >= 0.6 is 0 Å². The molecule has 0 aliphatic carbocycles. The number of ether oxygens (including phenoxy) is 2. The summed E-state index contributed by atoms with van der Waals surface area (Å²) in [5.41, 5.74) is -6.74. The molecule has 21 heteroatoms. The minimum absolute atomic E-state index is 1.21. The van der Waals surface area contributed by atoms with Crippen LogP contribution in [0.25, 0.3) is 0 Å². The molecule has 0 spiro atoms. The topological polar surface area (TPSA) is 72.8 Å². The SMILES string of the molecule is O=S(=O)(O)C(F)(F)OC(F)(F)C(F)(F)OC(F)(F)C(F)(F)C(F)(F)C(F)(F)F. The summed E-state index contributed by atoms with van der Waals surface area (Å²) in [5.74, 6) is -15.9. The van der Waals surface area contributed by atoms with Gasteiger partial charge in [-0.15, -0.1) is 0 Å². The van der Waals surface area contributed by atoms with Gasteiger partial charge in [-0.3, -0.25) is 4.55 Å². The Hall–Kier alpha value is -1.22. The molecule has 5 nitrogen and oxygen atoms in total. The highest BCUT2D eigenvalue weighted by Crippen LogP contribution is 2.56. The molecule has 0 saturated heterocycles. The molecule has 0 fully saturated rings. The second-order valence-corrected chi connectivity index (χ2v) is 5.76. The summed E-state index contributed by atoms with van der Waals surface area (Å²) in [6.45, 7) is 0. The van der Waals surface area contributed by atoms with Crippen LogP contribution in [-0.4, -0.2) is 54.8 Å². The Kier molecular flexibility index (Phi) is 6.36. The minimum atomic E-state index is -8.02. The number of hydrogen-bond donors (Lipinski definition) is 1. The van der Waals surface area contributed by atoms with Crippen molar-refractivity contribution in [1.82, 2.24) is 0 Å². The molecule has 0 saturated carbocycles. The second-order valence-electron chi connectivity index (χ2n) is 4.34. The van der Waals surface area contributed by atoms with Crippen molar-refractivity contribution in [2.45, 2.75) is 41.8 Å². The molecule has 170 valence electrons. The zero-order valence-electron chi connectivity index (χ0n) is 11.7. The van der Waals surface area contributed by atoms with E-state index in [0.717, 1.165) is 0 Å². The molecule has 0 aliphatic rings. The Morgan fingerprint density at radius 2 is 0.857 bits per heavy atom. The molecular formula is C7HF15O5S. The van der Waals surface area contributed by atoms with Gasteiger partial charge in [0.2, 0.25) is 0 Å². The van der Waals surface area contributed by atoms with E-state index in [-0.39, 0.29) is 0 Å². The molecule has 28 heavy (non-hydrogen) atoms. The van der Waals surface area contributed by atoms with Gasteiger partial charge in [0.05, 0.1) is 0 Å². The van der Waals surface area contributed by atoms with Crippen molar-refractivity contribution in [2.75, 3.05) is 0 Å². The molecule has 0 rings (SSSR count). The maximum Gasteiger partial charge on any atom is 0.492 e. The minimum Gasteiger partial charge on any atom is -0.279 e.